The van der Waals surface area contributed by atoms with Gasteiger partial charge in [0.05, 0.1) is 6.10 Å². The molecule has 2 aliphatic heterocycles. The smallest absolute Gasteiger partial charge is 0.254 e. The number of rotatable bonds is 2. The van der Waals surface area contributed by atoms with Crippen LogP contribution in [-0.2, 0) is 4.74 Å². The molecule has 0 saturated carbocycles. The molecule has 1 aromatic carbocycles. The van der Waals surface area contributed by atoms with E-state index in [0.29, 0.717) is 11.1 Å². The first-order chi connectivity index (χ1) is 9.60. The number of nitrogens with zero attached hydrogens (tertiary/aromatic N) is 1. The second-order valence-corrected chi connectivity index (χ2v) is 5.89. The maximum atomic E-state index is 13.6. The molecule has 2 unspecified atom stereocenters. The molecule has 1 amide bonds. The fourth-order valence-corrected chi connectivity index (χ4v) is 3.53. The van der Waals surface area contributed by atoms with E-state index in [1.54, 1.807) is 26.2 Å². The van der Waals surface area contributed by atoms with Gasteiger partial charge in [0.2, 0.25) is 0 Å². The quantitative estimate of drug-likeness (QED) is 0.832. The lowest BCUT2D eigenvalue weighted by Crippen LogP contribution is -2.48. The molecule has 0 N–H and O–H groups in total. The summed E-state index contributed by atoms with van der Waals surface area (Å²) in [5.74, 6) is -0.346. The summed E-state index contributed by atoms with van der Waals surface area (Å²) in [7, 11) is 1.73. The topological polar surface area (TPSA) is 29.5 Å². The summed E-state index contributed by atoms with van der Waals surface area (Å²) < 4.78 is 19.1. The molecular weight excluding hydrogens is 257 g/mol. The van der Waals surface area contributed by atoms with Gasteiger partial charge in [0.25, 0.3) is 5.91 Å². The number of carbonyl (C=O) groups is 1. The van der Waals surface area contributed by atoms with Crippen LogP contribution in [0.15, 0.2) is 18.2 Å². The number of fused-ring (bicyclic) bond motifs is 2. The van der Waals surface area contributed by atoms with Crippen molar-refractivity contribution in [2.24, 2.45) is 0 Å². The minimum Gasteiger partial charge on any atom is -0.381 e. The van der Waals surface area contributed by atoms with Gasteiger partial charge in [-0.25, -0.2) is 4.39 Å². The van der Waals surface area contributed by atoms with E-state index >= 15 is 0 Å². The Morgan fingerprint density at radius 1 is 1.30 bits per heavy atom. The molecule has 2 bridgehead atoms. The van der Waals surface area contributed by atoms with E-state index < -0.39 is 0 Å². The second kappa shape index (κ2) is 5.17. The van der Waals surface area contributed by atoms with Crippen LogP contribution in [0.4, 0.5) is 4.39 Å². The number of methoxy groups -OCH3 is 1. The third-order valence-electron chi connectivity index (χ3n) is 4.68. The van der Waals surface area contributed by atoms with Gasteiger partial charge in [0.1, 0.15) is 5.82 Å². The van der Waals surface area contributed by atoms with Gasteiger partial charge in [-0.15, -0.1) is 0 Å². The zero-order valence-corrected chi connectivity index (χ0v) is 11.9. The lowest BCUT2D eigenvalue weighted by atomic mass is 9.98. The molecule has 4 heteroatoms. The number of aryl methyl sites for hydroxylation is 1. The Morgan fingerprint density at radius 3 is 2.50 bits per heavy atom. The van der Waals surface area contributed by atoms with Crippen molar-refractivity contribution in [1.82, 2.24) is 4.90 Å². The van der Waals surface area contributed by atoms with E-state index in [0.717, 1.165) is 25.7 Å². The number of carbonyl (C=O) groups excluding carboxylic acids is 1. The Bertz CT molecular complexity index is 517. The average Bonchev–Trinajstić information content (AvgIpc) is 2.71. The van der Waals surface area contributed by atoms with Crippen molar-refractivity contribution in [3.8, 4) is 0 Å². The number of piperidine rings is 1. The van der Waals surface area contributed by atoms with E-state index in [1.165, 1.54) is 6.07 Å². The highest BCUT2D eigenvalue weighted by Crippen LogP contribution is 2.37. The van der Waals surface area contributed by atoms with Gasteiger partial charge >= 0.3 is 0 Å². The SMILES string of the molecule is COC1CC2CCC(C1)N2C(=O)c1ccc(C)c(F)c1. The minimum absolute atomic E-state index is 0.0362. The van der Waals surface area contributed by atoms with E-state index in [2.05, 4.69) is 0 Å². The molecular formula is C16H20FNO2. The maximum absolute atomic E-state index is 13.6. The van der Waals surface area contributed by atoms with Crippen molar-refractivity contribution >= 4 is 5.91 Å². The molecule has 3 nitrogen and oxygen atoms in total. The van der Waals surface area contributed by atoms with Crippen LogP contribution in [0.5, 0.6) is 0 Å². The normalized spacial score (nSPS) is 28.8. The Balaban J connectivity index is 1.83. The van der Waals surface area contributed by atoms with Gasteiger partial charge < -0.3 is 9.64 Å². The summed E-state index contributed by atoms with van der Waals surface area (Å²) in [6, 6.07) is 5.25. The highest BCUT2D eigenvalue weighted by Gasteiger charge is 2.43. The summed E-state index contributed by atoms with van der Waals surface area (Å²) >= 11 is 0. The average molecular weight is 277 g/mol. The zero-order valence-electron chi connectivity index (χ0n) is 11.9. The summed E-state index contributed by atoms with van der Waals surface area (Å²) in [5, 5.41) is 0. The molecule has 0 aliphatic carbocycles. The number of halogens is 1. The largest absolute Gasteiger partial charge is 0.381 e. The molecule has 1 aromatic rings. The van der Waals surface area contributed by atoms with Gasteiger partial charge in [0.15, 0.2) is 0 Å². The molecule has 2 aliphatic rings. The third kappa shape index (κ3) is 2.22. The number of hydrogen-bond acceptors (Lipinski definition) is 2. The lowest BCUT2D eigenvalue weighted by Gasteiger charge is -2.38. The summed E-state index contributed by atoms with van der Waals surface area (Å²) in [4.78, 5) is 14.6. The Labute approximate surface area is 118 Å². The van der Waals surface area contributed by atoms with Crippen molar-refractivity contribution in [3.63, 3.8) is 0 Å². The molecule has 2 atom stereocenters. The van der Waals surface area contributed by atoms with Crippen LogP contribution < -0.4 is 0 Å². The molecule has 2 heterocycles. The lowest BCUT2D eigenvalue weighted by molar-refractivity contribution is 0.00820. The molecule has 0 radical (unpaired) electrons. The first-order valence-corrected chi connectivity index (χ1v) is 7.21. The van der Waals surface area contributed by atoms with Crippen molar-refractivity contribution in [2.75, 3.05) is 7.11 Å². The zero-order chi connectivity index (χ0) is 14.3. The third-order valence-corrected chi connectivity index (χ3v) is 4.68. The van der Waals surface area contributed by atoms with E-state index in [-0.39, 0.29) is 29.9 Å². The minimum atomic E-state index is -0.310. The van der Waals surface area contributed by atoms with Crippen LogP contribution in [0, 0.1) is 12.7 Å². The van der Waals surface area contributed by atoms with Crippen LogP contribution in [0.25, 0.3) is 0 Å². The predicted molar refractivity (Wildman–Crippen MR) is 74.1 cm³/mol. The van der Waals surface area contributed by atoms with Crippen LogP contribution in [0.3, 0.4) is 0 Å². The predicted octanol–water partition coefficient (Wildman–Crippen LogP) is 2.92. The van der Waals surface area contributed by atoms with E-state index in [4.69, 9.17) is 4.74 Å². The monoisotopic (exact) mass is 277 g/mol. The Morgan fingerprint density at radius 2 is 1.95 bits per heavy atom. The van der Waals surface area contributed by atoms with Gasteiger partial charge in [-0.2, -0.15) is 0 Å². The van der Waals surface area contributed by atoms with Crippen molar-refractivity contribution in [2.45, 2.75) is 50.8 Å². The molecule has 0 aromatic heterocycles. The van der Waals surface area contributed by atoms with Gasteiger partial charge in [0, 0.05) is 24.8 Å². The molecule has 108 valence electrons. The van der Waals surface area contributed by atoms with Crippen molar-refractivity contribution < 1.29 is 13.9 Å². The molecule has 2 saturated heterocycles. The first-order valence-electron chi connectivity index (χ1n) is 7.21. The maximum Gasteiger partial charge on any atom is 0.254 e. The summed E-state index contributed by atoms with van der Waals surface area (Å²) in [6.07, 6.45) is 4.11. The number of ether oxygens (including phenoxy) is 1. The number of amides is 1. The molecule has 2 fully saturated rings. The van der Waals surface area contributed by atoms with E-state index in [1.807, 2.05) is 4.90 Å². The second-order valence-electron chi connectivity index (χ2n) is 5.89. The van der Waals surface area contributed by atoms with E-state index in [9.17, 15) is 9.18 Å². The van der Waals surface area contributed by atoms with Gasteiger partial charge in [-0.05, 0) is 50.3 Å². The highest BCUT2D eigenvalue weighted by atomic mass is 19.1. The Kier molecular flexibility index (Phi) is 3.50. The molecule has 20 heavy (non-hydrogen) atoms. The first kappa shape index (κ1) is 13.6. The standard InChI is InChI=1S/C16H20FNO2/c1-10-3-4-11(7-15(10)17)16(19)18-12-5-6-13(18)9-14(8-12)20-2/h3-4,7,12-14H,5-6,8-9H2,1-2H3. The molecule has 3 rings (SSSR count). The highest BCUT2D eigenvalue weighted by molar-refractivity contribution is 5.95. The van der Waals surface area contributed by atoms with Crippen LogP contribution >= 0.6 is 0 Å². The van der Waals surface area contributed by atoms with Crippen LogP contribution in [0.1, 0.15) is 41.6 Å². The van der Waals surface area contributed by atoms with Gasteiger partial charge in [-0.3, -0.25) is 4.79 Å². The van der Waals surface area contributed by atoms with Crippen molar-refractivity contribution in [1.29, 1.82) is 0 Å². The fourth-order valence-electron chi connectivity index (χ4n) is 3.53. The summed E-state index contributed by atoms with van der Waals surface area (Å²) in [5.41, 5.74) is 1.03. The molecule has 0 spiro atoms. The fraction of sp³-hybridized carbons (Fsp3) is 0.562. The van der Waals surface area contributed by atoms with Crippen LogP contribution in [-0.4, -0.2) is 36.1 Å². The van der Waals surface area contributed by atoms with Crippen LogP contribution in [0.2, 0.25) is 0 Å². The Hall–Kier alpha value is -1.42. The summed E-state index contributed by atoms with van der Waals surface area (Å²) in [6.45, 7) is 1.71. The van der Waals surface area contributed by atoms with Crippen molar-refractivity contribution in [3.05, 3.63) is 35.1 Å². The van der Waals surface area contributed by atoms with Gasteiger partial charge in [-0.1, -0.05) is 6.07 Å². The number of benzene rings is 1. The number of hydrogen-bond donors (Lipinski definition) is 0.